The third-order valence-electron chi connectivity index (χ3n) is 6.66. The van der Waals surface area contributed by atoms with E-state index in [2.05, 4.69) is 59.8 Å². The lowest BCUT2D eigenvalue weighted by atomic mass is 9.85. The zero-order valence-corrected chi connectivity index (χ0v) is 20.9. The molecular formula is C24H33IN4O2. The number of halogens is 1. The van der Waals surface area contributed by atoms with Crippen molar-refractivity contribution in [2.45, 2.75) is 40.2 Å². The number of imide groups is 1. The molecule has 31 heavy (non-hydrogen) atoms. The lowest BCUT2D eigenvalue weighted by molar-refractivity contribution is -0.140. The number of nitrogens with one attached hydrogen (secondary N) is 2. The first-order valence-corrected chi connectivity index (χ1v) is 11.1. The molecule has 4 rings (SSSR count). The summed E-state index contributed by atoms with van der Waals surface area (Å²) < 4.78 is 0. The number of carbonyl (C=O) groups is 2. The summed E-state index contributed by atoms with van der Waals surface area (Å²) in [5.74, 6) is 1.19. The molecule has 168 valence electrons. The number of likely N-dealkylation sites (tertiary alicyclic amines) is 1. The zero-order valence-electron chi connectivity index (χ0n) is 18.6. The van der Waals surface area contributed by atoms with Crippen LogP contribution in [-0.2, 0) is 16.1 Å². The fourth-order valence-electron chi connectivity index (χ4n) is 5.16. The Morgan fingerprint density at radius 1 is 1.10 bits per heavy atom. The van der Waals surface area contributed by atoms with Crippen LogP contribution in [0.5, 0.6) is 0 Å². The molecule has 2 amide bonds. The average molecular weight is 536 g/mol. The van der Waals surface area contributed by atoms with Crippen molar-refractivity contribution in [3.05, 3.63) is 47.0 Å². The summed E-state index contributed by atoms with van der Waals surface area (Å²) in [5, 5.41) is 6.60. The Hall–Kier alpha value is -1.90. The highest BCUT2D eigenvalue weighted by atomic mass is 127. The molecule has 4 atom stereocenters. The first-order valence-electron chi connectivity index (χ1n) is 11.1. The van der Waals surface area contributed by atoms with Gasteiger partial charge in [0.2, 0.25) is 11.8 Å². The van der Waals surface area contributed by atoms with Gasteiger partial charge in [-0.05, 0) is 56.6 Å². The Morgan fingerprint density at radius 3 is 2.39 bits per heavy atom. The van der Waals surface area contributed by atoms with Crippen LogP contribution in [0.25, 0.3) is 0 Å². The number of carbonyl (C=O) groups excluding carboxylic acids is 2. The smallest absolute Gasteiger partial charge is 0.233 e. The Balaban J connectivity index is 0.00000272. The van der Waals surface area contributed by atoms with Gasteiger partial charge in [0.25, 0.3) is 0 Å². The molecule has 2 N–H and O–H groups in total. The molecule has 1 aromatic carbocycles. The van der Waals surface area contributed by atoms with Gasteiger partial charge >= 0.3 is 0 Å². The van der Waals surface area contributed by atoms with Gasteiger partial charge in [-0.25, -0.2) is 4.99 Å². The molecule has 2 aliphatic carbocycles. The highest BCUT2D eigenvalue weighted by molar-refractivity contribution is 14.0. The number of guanidine groups is 1. The summed E-state index contributed by atoms with van der Waals surface area (Å²) in [6.07, 6.45) is 5.97. The van der Waals surface area contributed by atoms with E-state index in [9.17, 15) is 9.59 Å². The number of aliphatic imine (C=N–C) groups is 1. The Bertz CT molecular complexity index is 868. The molecule has 2 fully saturated rings. The number of hydrogen-bond donors (Lipinski definition) is 2. The van der Waals surface area contributed by atoms with Gasteiger partial charge in [-0.1, -0.05) is 35.9 Å². The van der Waals surface area contributed by atoms with Gasteiger partial charge in [-0.15, -0.1) is 24.0 Å². The van der Waals surface area contributed by atoms with Crippen molar-refractivity contribution in [3.8, 4) is 0 Å². The number of allylic oxidation sites excluding steroid dienone is 2. The van der Waals surface area contributed by atoms with Crippen molar-refractivity contribution >= 4 is 41.8 Å². The van der Waals surface area contributed by atoms with Gasteiger partial charge in [0.05, 0.1) is 18.4 Å². The quantitative estimate of drug-likeness (QED) is 0.140. The van der Waals surface area contributed by atoms with Crippen molar-refractivity contribution < 1.29 is 9.59 Å². The molecule has 4 unspecified atom stereocenters. The second-order valence-corrected chi connectivity index (χ2v) is 8.73. The lowest BCUT2D eigenvalue weighted by Crippen LogP contribution is -2.40. The molecule has 0 radical (unpaired) electrons. The molecule has 1 saturated heterocycles. The molecule has 1 saturated carbocycles. The number of rotatable bonds is 7. The minimum atomic E-state index is -0.0999. The Labute approximate surface area is 202 Å². The minimum absolute atomic E-state index is 0. The minimum Gasteiger partial charge on any atom is -0.357 e. The van der Waals surface area contributed by atoms with E-state index in [1.165, 1.54) is 21.6 Å². The molecule has 1 heterocycles. The maximum Gasteiger partial charge on any atom is 0.233 e. The average Bonchev–Trinajstić information content (AvgIpc) is 3.39. The second kappa shape index (κ2) is 10.1. The van der Waals surface area contributed by atoms with Crippen molar-refractivity contribution in [1.29, 1.82) is 0 Å². The third-order valence-corrected chi connectivity index (χ3v) is 6.66. The molecule has 3 aliphatic rings. The summed E-state index contributed by atoms with van der Waals surface area (Å²) in [6, 6.07) is 6.41. The number of fused-ring (bicyclic) bond motifs is 5. The van der Waals surface area contributed by atoms with Gasteiger partial charge in [-0.3, -0.25) is 14.5 Å². The van der Waals surface area contributed by atoms with Crippen molar-refractivity contribution in [1.82, 2.24) is 15.5 Å². The lowest BCUT2D eigenvalue weighted by Gasteiger charge is -2.18. The molecule has 7 heteroatoms. The molecule has 2 bridgehead atoms. The number of benzene rings is 1. The van der Waals surface area contributed by atoms with E-state index >= 15 is 0 Å². The maximum absolute atomic E-state index is 12.7. The summed E-state index contributed by atoms with van der Waals surface area (Å²) in [7, 11) is 0. The topological polar surface area (TPSA) is 73.8 Å². The standard InChI is InChI=1S/C24H32N4O2.HI/c1-4-25-24(27-14-19-7-6-15(2)12-16(19)3)26-10-5-11-28-22(29)20-17-8-9-18(13-17)21(20)23(28)30;/h6-9,12,17-18,20-21H,4-5,10-11,13-14H2,1-3H3,(H2,25,26,27);1H. The number of nitrogens with zero attached hydrogens (tertiary/aromatic N) is 2. The number of hydrogen-bond acceptors (Lipinski definition) is 3. The largest absolute Gasteiger partial charge is 0.357 e. The summed E-state index contributed by atoms with van der Waals surface area (Å²) in [4.78, 5) is 31.7. The highest BCUT2D eigenvalue weighted by Gasteiger charge is 2.58. The van der Waals surface area contributed by atoms with Crippen LogP contribution in [0.1, 0.15) is 36.5 Å². The highest BCUT2D eigenvalue weighted by Crippen LogP contribution is 2.52. The second-order valence-electron chi connectivity index (χ2n) is 8.73. The summed E-state index contributed by atoms with van der Waals surface area (Å²) in [5.41, 5.74) is 3.71. The van der Waals surface area contributed by atoms with E-state index in [0.717, 1.165) is 18.9 Å². The Morgan fingerprint density at radius 2 is 1.77 bits per heavy atom. The normalized spacial score (nSPS) is 26.3. The van der Waals surface area contributed by atoms with Crippen molar-refractivity contribution in [2.24, 2.45) is 28.7 Å². The van der Waals surface area contributed by atoms with E-state index in [-0.39, 0.29) is 59.5 Å². The van der Waals surface area contributed by atoms with Gasteiger partial charge in [0.15, 0.2) is 5.96 Å². The van der Waals surface area contributed by atoms with Crippen LogP contribution in [0.3, 0.4) is 0 Å². The molecule has 6 nitrogen and oxygen atoms in total. The van der Waals surface area contributed by atoms with Gasteiger partial charge in [0, 0.05) is 19.6 Å². The van der Waals surface area contributed by atoms with Crippen LogP contribution >= 0.6 is 24.0 Å². The molecule has 1 aliphatic heterocycles. The maximum atomic E-state index is 12.7. The predicted octanol–water partition coefficient (Wildman–Crippen LogP) is 3.17. The SMILES string of the molecule is CCNC(=NCc1ccc(C)cc1C)NCCCN1C(=O)C2C3C=CC(C3)C2C1=O.I. The number of aryl methyl sites for hydroxylation is 2. The van der Waals surface area contributed by atoms with Crippen LogP contribution in [0, 0.1) is 37.5 Å². The van der Waals surface area contributed by atoms with Crippen LogP contribution in [0.15, 0.2) is 35.3 Å². The first-order chi connectivity index (χ1) is 14.5. The molecule has 1 aromatic rings. The van der Waals surface area contributed by atoms with E-state index < -0.39 is 0 Å². The van der Waals surface area contributed by atoms with E-state index in [1.54, 1.807) is 0 Å². The van der Waals surface area contributed by atoms with Crippen molar-refractivity contribution in [2.75, 3.05) is 19.6 Å². The summed E-state index contributed by atoms with van der Waals surface area (Å²) in [6.45, 7) is 8.78. The fraction of sp³-hybridized carbons (Fsp3) is 0.542. The molecular weight excluding hydrogens is 503 g/mol. The van der Waals surface area contributed by atoms with E-state index in [1.807, 2.05) is 6.92 Å². The monoisotopic (exact) mass is 536 g/mol. The van der Waals surface area contributed by atoms with E-state index in [0.29, 0.717) is 26.1 Å². The molecule has 0 aromatic heterocycles. The van der Waals surface area contributed by atoms with Crippen LogP contribution in [0.2, 0.25) is 0 Å². The Kier molecular flexibility index (Phi) is 7.78. The van der Waals surface area contributed by atoms with Crippen molar-refractivity contribution in [3.63, 3.8) is 0 Å². The fourth-order valence-corrected chi connectivity index (χ4v) is 5.16. The summed E-state index contributed by atoms with van der Waals surface area (Å²) >= 11 is 0. The van der Waals surface area contributed by atoms with Crippen LogP contribution < -0.4 is 10.6 Å². The van der Waals surface area contributed by atoms with E-state index in [4.69, 9.17) is 0 Å². The van der Waals surface area contributed by atoms with Gasteiger partial charge in [0.1, 0.15) is 0 Å². The first kappa shape index (κ1) is 23.8. The third kappa shape index (κ3) is 4.81. The number of amides is 2. The zero-order chi connectivity index (χ0) is 21.3. The van der Waals surface area contributed by atoms with Gasteiger partial charge < -0.3 is 10.6 Å². The van der Waals surface area contributed by atoms with Crippen LogP contribution in [0.4, 0.5) is 0 Å². The predicted molar refractivity (Wildman–Crippen MR) is 133 cm³/mol. The van der Waals surface area contributed by atoms with Crippen LogP contribution in [-0.4, -0.2) is 42.3 Å². The molecule has 0 spiro atoms. The van der Waals surface area contributed by atoms with Gasteiger partial charge in [-0.2, -0.15) is 0 Å².